The Kier molecular flexibility index (Phi) is 21.5. The Morgan fingerprint density at radius 3 is 1.38 bits per heavy atom. The van der Waals surface area contributed by atoms with E-state index in [-0.39, 0.29) is 40.7 Å². The second-order valence-electron chi connectivity index (χ2n) is 1.57. The van der Waals surface area contributed by atoms with Gasteiger partial charge in [-0.2, -0.15) is 12.8 Å². The monoisotopic (exact) mass is 279 g/mol. The van der Waals surface area contributed by atoms with Crippen molar-refractivity contribution in [3.8, 4) is 0 Å². The molecule has 1 heteroatoms. The van der Waals surface area contributed by atoms with Gasteiger partial charge in [0.05, 0.1) is 0 Å². The van der Waals surface area contributed by atoms with Gasteiger partial charge in [-0.3, -0.25) is 0 Å². The Balaban J connectivity index is -0.0000000833. The zero-order chi connectivity index (χ0) is 3.54. The van der Waals surface area contributed by atoms with Gasteiger partial charge in [0.15, 0.2) is 0 Å². The minimum atomic E-state index is 0. The first-order chi connectivity index (χ1) is 2.50. The Morgan fingerprint density at radius 1 is 0.875 bits per heavy atom. The van der Waals surface area contributed by atoms with Crippen molar-refractivity contribution in [1.82, 2.24) is 0 Å². The van der Waals surface area contributed by atoms with Crippen LogP contribution in [0.2, 0.25) is 0 Å². The average Bonchev–Trinajstić information content (AvgIpc) is 1.76. The van der Waals surface area contributed by atoms with Crippen LogP contribution in [0.15, 0.2) is 0 Å². The van der Waals surface area contributed by atoms with E-state index in [1.807, 2.05) is 0 Å². The molecule has 1 saturated carbocycles. The molecule has 0 aromatic heterocycles. The minimum absolute atomic E-state index is 0. The topological polar surface area (TPSA) is 0 Å². The predicted molar refractivity (Wildman–Crippen MR) is 35.6 cm³/mol. The molecule has 1 fully saturated rings. The molecule has 1 aliphatic carbocycles. The first kappa shape index (κ1) is 15.9. The van der Waals surface area contributed by atoms with Gasteiger partial charge in [-0.1, -0.05) is 12.8 Å². The van der Waals surface area contributed by atoms with Gasteiger partial charge in [-0.25, -0.2) is 0 Å². The van der Waals surface area contributed by atoms with Crippen molar-refractivity contribution in [3.05, 3.63) is 21.3 Å². The molecule has 0 aromatic carbocycles. The van der Waals surface area contributed by atoms with Gasteiger partial charge in [-0.05, 0) is 0 Å². The van der Waals surface area contributed by atoms with E-state index in [1.165, 1.54) is 25.7 Å². The van der Waals surface area contributed by atoms with E-state index in [1.54, 1.807) is 0 Å². The van der Waals surface area contributed by atoms with Crippen LogP contribution in [-0.2, 0) is 25.8 Å². The molecule has 0 N–H and O–H groups in total. The van der Waals surface area contributed by atoms with E-state index in [4.69, 9.17) is 0 Å². The van der Waals surface area contributed by atoms with E-state index >= 15 is 0 Å². The Morgan fingerprint density at radius 2 is 1.25 bits per heavy atom. The number of rotatable bonds is 0. The van der Waals surface area contributed by atoms with Crippen LogP contribution in [0.1, 0.15) is 25.7 Å². The molecule has 0 heterocycles. The molecule has 0 aliphatic heterocycles. The van der Waals surface area contributed by atoms with Crippen molar-refractivity contribution in [2.75, 3.05) is 0 Å². The van der Waals surface area contributed by atoms with Crippen molar-refractivity contribution >= 4 is 0 Å². The molecule has 0 aromatic rings. The standard InChI is InChI=1S/C5H9.2CH3.Hf/c1-2-4-5-3-1;;;/h1H,2-5H2;2*1H3;/q3*-1;. The third-order valence-corrected chi connectivity index (χ3v) is 1.07. The molecule has 50 valence electrons. The molecule has 0 bridgehead atoms. The largest absolute Gasteiger partial charge is 0.358 e. The molecule has 0 radical (unpaired) electrons. The average molecular weight is 278 g/mol. The third kappa shape index (κ3) is 6.87. The minimum Gasteiger partial charge on any atom is -0.358 e. The van der Waals surface area contributed by atoms with Crippen molar-refractivity contribution in [3.63, 3.8) is 0 Å². The first-order valence-electron chi connectivity index (χ1n) is 2.32. The van der Waals surface area contributed by atoms with Gasteiger partial charge < -0.3 is 21.3 Å². The Bertz CT molecular complexity index is 16.0. The second-order valence-corrected chi connectivity index (χ2v) is 1.57. The van der Waals surface area contributed by atoms with Crippen LogP contribution in [0.4, 0.5) is 0 Å². The van der Waals surface area contributed by atoms with E-state index in [0.717, 1.165) is 0 Å². The van der Waals surface area contributed by atoms with Gasteiger partial charge in [0.2, 0.25) is 0 Å². The molecule has 1 rings (SSSR count). The van der Waals surface area contributed by atoms with Crippen LogP contribution in [0.5, 0.6) is 0 Å². The summed E-state index contributed by atoms with van der Waals surface area (Å²) < 4.78 is 0. The molecule has 0 amide bonds. The first-order valence-corrected chi connectivity index (χ1v) is 2.32. The molecular formula is C7H15Hf-3. The maximum atomic E-state index is 2.36. The summed E-state index contributed by atoms with van der Waals surface area (Å²) in [6.07, 6.45) is 8.00. The Hall–Kier alpha value is 0.870. The van der Waals surface area contributed by atoms with Crippen LogP contribution >= 0.6 is 0 Å². The zero-order valence-electron chi connectivity index (χ0n) is 5.91. The van der Waals surface area contributed by atoms with E-state index in [2.05, 4.69) is 6.42 Å². The molecule has 0 saturated heterocycles. The van der Waals surface area contributed by atoms with Gasteiger partial charge in [0, 0.05) is 25.8 Å². The van der Waals surface area contributed by atoms with E-state index in [0.29, 0.717) is 0 Å². The molecule has 0 unspecified atom stereocenters. The Labute approximate surface area is 72.8 Å². The van der Waals surface area contributed by atoms with Crippen molar-refractivity contribution < 1.29 is 25.8 Å². The van der Waals surface area contributed by atoms with Crippen LogP contribution in [0, 0.1) is 21.3 Å². The fourth-order valence-corrected chi connectivity index (χ4v) is 0.722. The summed E-state index contributed by atoms with van der Waals surface area (Å²) in [6.45, 7) is 0. The van der Waals surface area contributed by atoms with Crippen LogP contribution in [-0.4, -0.2) is 0 Å². The fraction of sp³-hybridized carbons (Fsp3) is 0.571. The van der Waals surface area contributed by atoms with Gasteiger partial charge in [0.25, 0.3) is 0 Å². The maximum Gasteiger partial charge on any atom is 0 e. The van der Waals surface area contributed by atoms with Crippen molar-refractivity contribution in [1.29, 1.82) is 0 Å². The summed E-state index contributed by atoms with van der Waals surface area (Å²) >= 11 is 0. The van der Waals surface area contributed by atoms with E-state index < -0.39 is 0 Å². The quantitative estimate of drug-likeness (QED) is 0.472. The van der Waals surface area contributed by atoms with E-state index in [9.17, 15) is 0 Å². The summed E-state index contributed by atoms with van der Waals surface area (Å²) in [7, 11) is 0. The van der Waals surface area contributed by atoms with Gasteiger partial charge >= 0.3 is 0 Å². The zero-order valence-corrected chi connectivity index (χ0v) is 9.50. The van der Waals surface area contributed by atoms with Crippen LogP contribution in [0.3, 0.4) is 0 Å². The SMILES string of the molecule is [CH-]1CCCC1.[CH3-].[CH3-].[Hf]. The summed E-state index contributed by atoms with van der Waals surface area (Å²) in [5.74, 6) is 0. The molecule has 8 heavy (non-hydrogen) atoms. The fourth-order valence-electron chi connectivity index (χ4n) is 0.722. The smallest absolute Gasteiger partial charge is 0 e. The molecule has 1 aliphatic rings. The molecule has 0 nitrogen and oxygen atoms in total. The third-order valence-electron chi connectivity index (χ3n) is 1.07. The van der Waals surface area contributed by atoms with Crippen molar-refractivity contribution in [2.24, 2.45) is 0 Å². The van der Waals surface area contributed by atoms with Crippen LogP contribution < -0.4 is 0 Å². The molecular weight excluding hydrogens is 263 g/mol. The maximum absolute atomic E-state index is 2.36. The number of hydrogen-bond acceptors (Lipinski definition) is 0. The second kappa shape index (κ2) is 10.8. The van der Waals surface area contributed by atoms with Crippen molar-refractivity contribution in [2.45, 2.75) is 25.7 Å². The van der Waals surface area contributed by atoms with Gasteiger partial charge in [-0.15, -0.1) is 0 Å². The molecule has 0 spiro atoms. The number of hydrogen-bond donors (Lipinski definition) is 0. The summed E-state index contributed by atoms with van der Waals surface area (Å²) in [5.41, 5.74) is 0. The normalized spacial score (nSPS) is 15.0. The molecule has 0 atom stereocenters. The summed E-state index contributed by atoms with van der Waals surface area (Å²) in [4.78, 5) is 0. The summed E-state index contributed by atoms with van der Waals surface area (Å²) in [5, 5.41) is 0. The predicted octanol–water partition coefficient (Wildman–Crippen LogP) is 2.66. The van der Waals surface area contributed by atoms with Crippen LogP contribution in [0.25, 0.3) is 0 Å². The summed E-state index contributed by atoms with van der Waals surface area (Å²) in [6, 6.07) is 0. The van der Waals surface area contributed by atoms with Gasteiger partial charge in [0.1, 0.15) is 0 Å².